The van der Waals surface area contributed by atoms with Crippen molar-refractivity contribution >= 4 is 35.0 Å². The Bertz CT molecular complexity index is 1450. The number of para-hydroxylation sites is 1. The largest absolute Gasteiger partial charge is 0.468 e. The molecular weight excluding hydrogens is 484 g/mol. The Morgan fingerprint density at radius 2 is 1.70 bits per heavy atom. The lowest BCUT2D eigenvalue weighted by molar-refractivity contribution is -0.114. The molecule has 1 aromatic heterocycles. The average molecular weight is 513 g/mol. The summed E-state index contributed by atoms with van der Waals surface area (Å²) in [7, 11) is 0. The van der Waals surface area contributed by atoms with E-state index in [0.717, 1.165) is 22.4 Å². The molecule has 2 heterocycles. The molecule has 0 fully saturated rings. The number of nitrogens with one attached hydrogen (secondary N) is 3. The van der Waals surface area contributed by atoms with Crippen LogP contribution in [0.4, 0.5) is 11.4 Å². The van der Waals surface area contributed by atoms with E-state index in [0.29, 0.717) is 33.3 Å². The first-order chi connectivity index (χ1) is 17.8. The number of amides is 2. The highest BCUT2D eigenvalue weighted by atomic mass is 32.2. The van der Waals surface area contributed by atoms with Crippen molar-refractivity contribution in [2.75, 3.05) is 16.4 Å². The zero-order chi connectivity index (χ0) is 26.5. The van der Waals surface area contributed by atoms with Crippen molar-refractivity contribution in [1.82, 2.24) is 5.32 Å². The van der Waals surface area contributed by atoms with Crippen LogP contribution in [0.25, 0.3) is 0 Å². The van der Waals surface area contributed by atoms with E-state index < -0.39 is 5.92 Å². The van der Waals surface area contributed by atoms with E-state index in [9.17, 15) is 14.9 Å². The molecule has 1 aliphatic heterocycles. The van der Waals surface area contributed by atoms with Gasteiger partial charge in [-0.3, -0.25) is 9.59 Å². The number of rotatable bonds is 7. The topological polar surface area (TPSA) is 107 Å². The number of benzene rings is 2. The number of hydrogen-bond donors (Lipinski definition) is 3. The molecule has 0 spiro atoms. The highest BCUT2D eigenvalue weighted by Crippen LogP contribution is 2.41. The van der Waals surface area contributed by atoms with E-state index in [2.05, 4.69) is 22.0 Å². The average Bonchev–Trinajstić information content (AvgIpc) is 3.41. The maximum absolute atomic E-state index is 13.5. The van der Waals surface area contributed by atoms with Crippen LogP contribution < -0.4 is 16.0 Å². The van der Waals surface area contributed by atoms with Gasteiger partial charge in [0, 0.05) is 17.1 Å². The quantitative estimate of drug-likeness (QED) is 0.363. The molecule has 1 atom stereocenters. The molecule has 2 amide bonds. The Hall–Kier alpha value is -4.22. The molecule has 4 rings (SSSR count). The summed E-state index contributed by atoms with van der Waals surface area (Å²) in [5, 5.41) is 19.8. The molecule has 2 aromatic carbocycles. The summed E-state index contributed by atoms with van der Waals surface area (Å²) in [6.45, 7) is 7.65. The van der Waals surface area contributed by atoms with Crippen LogP contribution in [-0.2, 0) is 9.59 Å². The minimum atomic E-state index is -0.713. The first-order valence-electron chi connectivity index (χ1n) is 11.8. The lowest BCUT2D eigenvalue weighted by atomic mass is 9.85. The number of allylic oxidation sites excluding steroid dienone is 2. The van der Waals surface area contributed by atoms with Crippen molar-refractivity contribution < 1.29 is 14.0 Å². The zero-order valence-corrected chi connectivity index (χ0v) is 22.0. The Balaban J connectivity index is 1.59. The number of carbonyl (C=O) groups excluding carboxylic acids is 2. The molecule has 188 valence electrons. The minimum Gasteiger partial charge on any atom is -0.468 e. The van der Waals surface area contributed by atoms with Gasteiger partial charge in [-0.05, 0) is 68.7 Å². The molecule has 1 aliphatic rings. The number of aryl methyl sites for hydroxylation is 2. The number of thioether (sulfide) groups is 1. The van der Waals surface area contributed by atoms with E-state index >= 15 is 0 Å². The highest BCUT2D eigenvalue weighted by molar-refractivity contribution is 8.03. The van der Waals surface area contributed by atoms with Crippen molar-refractivity contribution in [2.45, 2.75) is 33.6 Å². The maximum Gasteiger partial charge on any atom is 0.254 e. The Kier molecular flexibility index (Phi) is 7.85. The van der Waals surface area contributed by atoms with E-state index in [1.165, 1.54) is 18.0 Å². The molecule has 8 heteroatoms. The smallest absolute Gasteiger partial charge is 0.254 e. The third-order valence-electron chi connectivity index (χ3n) is 6.34. The second-order valence-electron chi connectivity index (χ2n) is 8.82. The lowest BCUT2D eigenvalue weighted by Crippen LogP contribution is -2.31. The molecule has 0 saturated carbocycles. The number of nitrogens with zero attached hydrogens (tertiary/aromatic N) is 1. The normalized spacial score (nSPS) is 15.2. The molecular formula is C29H28N4O3S. The van der Waals surface area contributed by atoms with Gasteiger partial charge in [0.2, 0.25) is 5.91 Å². The molecule has 0 radical (unpaired) electrons. The van der Waals surface area contributed by atoms with Crippen molar-refractivity contribution in [3.05, 3.63) is 105 Å². The third-order valence-corrected chi connectivity index (χ3v) is 7.36. The Morgan fingerprint density at radius 3 is 2.41 bits per heavy atom. The van der Waals surface area contributed by atoms with Crippen LogP contribution in [0.3, 0.4) is 0 Å². The maximum atomic E-state index is 13.5. The van der Waals surface area contributed by atoms with Gasteiger partial charge < -0.3 is 20.4 Å². The fourth-order valence-corrected chi connectivity index (χ4v) is 5.07. The molecule has 0 saturated heterocycles. The van der Waals surface area contributed by atoms with Crippen LogP contribution in [0.1, 0.15) is 35.3 Å². The standard InChI is InChI=1S/C29H28N4O3S/c1-17-10-7-12-23(19(17)3)32-25(34)16-37-29-21(15-30)27(24-13-8-14-36-24)26(20(4)31-29)28(35)33-22-11-6-5-9-18(22)2/h5-14,27,31H,16H2,1-4H3,(H,32,34)(H,33,35). The summed E-state index contributed by atoms with van der Waals surface area (Å²) < 4.78 is 5.67. The van der Waals surface area contributed by atoms with Crippen LogP contribution in [0.5, 0.6) is 0 Å². The fraction of sp³-hybridized carbons (Fsp3) is 0.207. The fourth-order valence-electron chi connectivity index (χ4n) is 4.18. The summed E-state index contributed by atoms with van der Waals surface area (Å²) in [5.41, 5.74) is 5.77. The first-order valence-corrected chi connectivity index (χ1v) is 12.8. The lowest BCUT2D eigenvalue weighted by Gasteiger charge is -2.28. The second kappa shape index (κ2) is 11.2. The van der Waals surface area contributed by atoms with Gasteiger partial charge in [-0.15, -0.1) is 0 Å². The summed E-state index contributed by atoms with van der Waals surface area (Å²) >= 11 is 1.22. The van der Waals surface area contributed by atoms with Gasteiger partial charge in [-0.25, -0.2) is 0 Å². The molecule has 0 aliphatic carbocycles. The van der Waals surface area contributed by atoms with Gasteiger partial charge in [0.1, 0.15) is 5.76 Å². The van der Waals surface area contributed by atoms with E-state index in [4.69, 9.17) is 4.42 Å². The number of anilines is 2. The number of dihydropyridines is 1. The van der Waals surface area contributed by atoms with Gasteiger partial charge in [0.25, 0.3) is 5.91 Å². The molecule has 37 heavy (non-hydrogen) atoms. The second-order valence-corrected chi connectivity index (χ2v) is 9.81. The summed E-state index contributed by atoms with van der Waals surface area (Å²) in [6, 6.07) is 19.0. The SMILES string of the molecule is CC1=C(C(=O)Nc2ccccc2C)C(c2ccco2)C(C#N)=C(SCC(=O)Nc2cccc(C)c2C)N1. The van der Waals surface area contributed by atoms with Gasteiger partial charge in [0.05, 0.1) is 40.2 Å². The highest BCUT2D eigenvalue weighted by Gasteiger charge is 2.36. The van der Waals surface area contributed by atoms with Gasteiger partial charge in [-0.2, -0.15) is 5.26 Å². The molecule has 3 aromatic rings. The van der Waals surface area contributed by atoms with E-state index in [1.54, 1.807) is 19.1 Å². The monoisotopic (exact) mass is 512 g/mol. The Morgan fingerprint density at radius 1 is 0.973 bits per heavy atom. The van der Waals surface area contributed by atoms with Crippen LogP contribution in [-0.4, -0.2) is 17.6 Å². The van der Waals surface area contributed by atoms with Gasteiger partial charge in [-0.1, -0.05) is 42.1 Å². The van der Waals surface area contributed by atoms with Crippen molar-refractivity contribution in [2.24, 2.45) is 0 Å². The number of furan rings is 1. The van der Waals surface area contributed by atoms with E-state index in [1.807, 2.05) is 63.2 Å². The summed E-state index contributed by atoms with van der Waals surface area (Å²) in [6.07, 6.45) is 1.52. The van der Waals surface area contributed by atoms with Crippen LogP contribution in [0.15, 0.2) is 87.1 Å². The molecule has 0 bridgehead atoms. The van der Waals surface area contributed by atoms with Crippen LogP contribution in [0, 0.1) is 32.1 Å². The van der Waals surface area contributed by atoms with Crippen molar-refractivity contribution in [3.63, 3.8) is 0 Å². The number of nitriles is 1. The van der Waals surface area contributed by atoms with Crippen LogP contribution >= 0.6 is 11.8 Å². The van der Waals surface area contributed by atoms with E-state index in [-0.39, 0.29) is 17.6 Å². The molecule has 1 unspecified atom stereocenters. The summed E-state index contributed by atoms with van der Waals surface area (Å²) in [4.78, 5) is 26.2. The predicted octanol–water partition coefficient (Wildman–Crippen LogP) is 5.91. The Labute approximate surface area is 220 Å². The summed E-state index contributed by atoms with van der Waals surface area (Å²) in [5.74, 6) is -0.668. The van der Waals surface area contributed by atoms with Crippen molar-refractivity contribution in [1.29, 1.82) is 5.26 Å². The van der Waals surface area contributed by atoms with Crippen molar-refractivity contribution in [3.8, 4) is 6.07 Å². The number of carbonyl (C=O) groups is 2. The predicted molar refractivity (Wildman–Crippen MR) is 147 cm³/mol. The van der Waals surface area contributed by atoms with Gasteiger partial charge >= 0.3 is 0 Å². The number of hydrogen-bond acceptors (Lipinski definition) is 6. The molecule has 7 nitrogen and oxygen atoms in total. The minimum absolute atomic E-state index is 0.0871. The van der Waals surface area contributed by atoms with Crippen LogP contribution in [0.2, 0.25) is 0 Å². The molecule has 3 N–H and O–H groups in total. The zero-order valence-electron chi connectivity index (χ0n) is 21.1. The first kappa shape index (κ1) is 25.9. The van der Waals surface area contributed by atoms with Gasteiger partial charge in [0.15, 0.2) is 0 Å². The third kappa shape index (κ3) is 5.63.